The normalized spacial score (nSPS) is 14.8. The summed E-state index contributed by atoms with van der Waals surface area (Å²) >= 11 is 0. The average Bonchev–Trinajstić information content (AvgIpc) is 3.14. The predicted molar refractivity (Wildman–Crippen MR) is 71.8 cm³/mol. The van der Waals surface area contributed by atoms with Gasteiger partial charge in [0.15, 0.2) is 5.76 Å². The summed E-state index contributed by atoms with van der Waals surface area (Å²) in [7, 11) is 0. The minimum absolute atomic E-state index is 0.0323. The van der Waals surface area contributed by atoms with Gasteiger partial charge in [-0.25, -0.2) is 0 Å². The topological polar surface area (TPSA) is 79.7 Å². The van der Waals surface area contributed by atoms with Crippen molar-refractivity contribution in [3.05, 3.63) is 30.0 Å². The van der Waals surface area contributed by atoms with Crippen LogP contribution in [0.5, 0.6) is 0 Å². The van der Waals surface area contributed by atoms with Crippen molar-refractivity contribution in [1.82, 2.24) is 4.90 Å². The summed E-state index contributed by atoms with van der Waals surface area (Å²) in [5.41, 5.74) is 7.00. The Kier molecular flexibility index (Phi) is 2.91. The Morgan fingerprint density at radius 3 is 2.89 bits per heavy atom. The first-order valence-corrected chi connectivity index (χ1v) is 6.40. The molecular formula is C14H16N2O3. The number of furan rings is 1. The maximum absolute atomic E-state index is 12.4. The Bertz CT molecular complexity index is 616. The number of amides is 1. The quantitative estimate of drug-likeness (QED) is 0.818. The number of carbonyl (C=O) groups is 1. The number of nitrogens with zero attached hydrogens (tertiary/aromatic N) is 1. The zero-order valence-corrected chi connectivity index (χ0v) is 10.5. The molecule has 0 radical (unpaired) electrons. The molecule has 2 aromatic rings. The number of fused-ring (bicyclic) bond motifs is 1. The lowest BCUT2D eigenvalue weighted by Gasteiger charge is -2.19. The fourth-order valence-corrected chi connectivity index (χ4v) is 2.25. The SMILES string of the molecule is Nc1ccc2oc(C(=O)N(CCO)C3CC3)cc2c1. The highest BCUT2D eigenvalue weighted by molar-refractivity contribution is 5.97. The van der Waals surface area contributed by atoms with Crippen molar-refractivity contribution in [2.75, 3.05) is 18.9 Å². The van der Waals surface area contributed by atoms with E-state index in [0.29, 0.717) is 23.6 Å². The fourth-order valence-electron chi connectivity index (χ4n) is 2.25. The van der Waals surface area contributed by atoms with Gasteiger partial charge in [0, 0.05) is 23.7 Å². The van der Waals surface area contributed by atoms with Crippen LogP contribution in [0.1, 0.15) is 23.4 Å². The summed E-state index contributed by atoms with van der Waals surface area (Å²) in [5.74, 6) is 0.146. The molecule has 0 saturated heterocycles. The molecule has 1 aromatic carbocycles. The van der Waals surface area contributed by atoms with Crippen LogP contribution >= 0.6 is 0 Å². The molecule has 0 aliphatic heterocycles. The Balaban J connectivity index is 1.91. The highest BCUT2D eigenvalue weighted by Gasteiger charge is 2.33. The van der Waals surface area contributed by atoms with E-state index in [2.05, 4.69) is 0 Å². The molecule has 1 aromatic heterocycles. The van der Waals surface area contributed by atoms with Crippen LogP contribution in [0.3, 0.4) is 0 Å². The Morgan fingerprint density at radius 2 is 2.21 bits per heavy atom. The van der Waals surface area contributed by atoms with Crippen molar-refractivity contribution in [2.24, 2.45) is 0 Å². The lowest BCUT2D eigenvalue weighted by Crippen LogP contribution is -2.35. The molecule has 1 fully saturated rings. The van der Waals surface area contributed by atoms with Crippen LogP contribution in [0.15, 0.2) is 28.7 Å². The number of hydrogen-bond acceptors (Lipinski definition) is 4. The molecular weight excluding hydrogens is 244 g/mol. The van der Waals surface area contributed by atoms with E-state index in [1.807, 2.05) is 0 Å². The molecule has 1 heterocycles. The smallest absolute Gasteiger partial charge is 0.289 e. The molecule has 1 amide bonds. The molecule has 0 spiro atoms. The fraction of sp³-hybridized carbons (Fsp3) is 0.357. The van der Waals surface area contributed by atoms with Crippen molar-refractivity contribution >= 4 is 22.6 Å². The van der Waals surface area contributed by atoms with E-state index in [-0.39, 0.29) is 18.6 Å². The van der Waals surface area contributed by atoms with E-state index in [0.717, 1.165) is 18.2 Å². The van der Waals surface area contributed by atoms with Crippen molar-refractivity contribution in [2.45, 2.75) is 18.9 Å². The summed E-state index contributed by atoms with van der Waals surface area (Å²) in [6.45, 7) is 0.318. The Labute approximate surface area is 110 Å². The number of nitrogens with two attached hydrogens (primary N) is 1. The van der Waals surface area contributed by atoms with Crippen molar-refractivity contribution in [3.8, 4) is 0 Å². The van der Waals surface area contributed by atoms with E-state index >= 15 is 0 Å². The number of hydrogen-bond donors (Lipinski definition) is 2. The molecule has 100 valence electrons. The number of benzene rings is 1. The van der Waals surface area contributed by atoms with E-state index in [4.69, 9.17) is 15.3 Å². The molecule has 3 N–H and O–H groups in total. The Morgan fingerprint density at radius 1 is 1.42 bits per heavy atom. The molecule has 3 rings (SSSR count). The second-order valence-corrected chi connectivity index (χ2v) is 4.86. The molecule has 0 bridgehead atoms. The first-order chi connectivity index (χ1) is 9.19. The monoisotopic (exact) mass is 260 g/mol. The Hall–Kier alpha value is -2.01. The lowest BCUT2D eigenvalue weighted by atomic mass is 10.2. The van der Waals surface area contributed by atoms with Gasteiger partial charge in [-0.15, -0.1) is 0 Å². The summed E-state index contributed by atoms with van der Waals surface area (Å²) in [5, 5.41) is 9.87. The summed E-state index contributed by atoms with van der Waals surface area (Å²) in [6.07, 6.45) is 2.00. The number of anilines is 1. The van der Waals surface area contributed by atoms with Crippen LogP contribution in [-0.2, 0) is 0 Å². The van der Waals surface area contributed by atoms with Crippen molar-refractivity contribution in [1.29, 1.82) is 0 Å². The van der Waals surface area contributed by atoms with Gasteiger partial charge in [-0.2, -0.15) is 0 Å². The molecule has 0 atom stereocenters. The minimum atomic E-state index is -0.161. The number of carbonyl (C=O) groups excluding carboxylic acids is 1. The van der Waals surface area contributed by atoms with Gasteiger partial charge >= 0.3 is 0 Å². The second kappa shape index (κ2) is 4.59. The van der Waals surface area contributed by atoms with Gasteiger partial charge in [0.2, 0.25) is 0 Å². The third-order valence-electron chi connectivity index (χ3n) is 3.34. The first kappa shape index (κ1) is 12.0. The summed E-state index contributed by atoms with van der Waals surface area (Å²) < 4.78 is 5.56. The summed E-state index contributed by atoms with van der Waals surface area (Å²) in [4.78, 5) is 14.0. The van der Waals surface area contributed by atoms with Gasteiger partial charge in [-0.05, 0) is 37.1 Å². The molecule has 19 heavy (non-hydrogen) atoms. The number of aliphatic hydroxyl groups excluding tert-OH is 1. The van der Waals surface area contributed by atoms with Crippen LogP contribution in [0.4, 0.5) is 5.69 Å². The third-order valence-corrected chi connectivity index (χ3v) is 3.34. The number of aliphatic hydroxyl groups is 1. The van der Waals surface area contributed by atoms with Crippen molar-refractivity contribution < 1.29 is 14.3 Å². The molecule has 5 heteroatoms. The molecule has 1 saturated carbocycles. The second-order valence-electron chi connectivity index (χ2n) is 4.86. The van der Waals surface area contributed by atoms with Gasteiger partial charge in [0.1, 0.15) is 5.58 Å². The minimum Gasteiger partial charge on any atom is -0.451 e. The average molecular weight is 260 g/mol. The summed E-state index contributed by atoms with van der Waals surface area (Å²) in [6, 6.07) is 7.24. The molecule has 0 unspecified atom stereocenters. The third kappa shape index (κ3) is 2.29. The first-order valence-electron chi connectivity index (χ1n) is 6.40. The van der Waals surface area contributed by atoms with Crippen molar-refractivity contribution in [3.63, 3.8) is 0 Å². The van der Waals surface area contributed by atoms with Gasteiger partial charge < -0.3 is 20.2 Å². The molecule has 5 nitrogen and oxygen atoms in total. The molecule has 1 aliphatic carbocycles. The van der Waals surface area contributed by atoms with Crippen LogP contribution in [-0.4, -0.2) is 35.1 Å². The highest BCUT2D eigenvalue weighted by Crippen LogP contribution is 2.29. The standard InChI is InChI=1S/C14H16N2O3/c15-10-1-4-12-9(7-10)8-13(19-12)14(18)16(5-6-17)11-2-3-11/h1,4,7-8,11,17H,2-3,5-6,15H2. The zero-order chi connectivity index (χ0) is 13.4. The zero-order valence-electron chi connectivity index (χ0n) is 10.5. The largest absolute Gasteiger partial charge is 0.451 e. The number of rotatable bonds is 4. The van der Waals surface area contributed by atoms with Gasteiger partial charge in [0.25, 0.3) is 5.91 Å². The maximum Gasteiger partial charge on any atom is 0.289 e. The van der Waals surface area contributed by atoms with E-state index in [1.54, 1.807) is 29.2 Å². The van der Waals surface area contributed by atoms with E-state index in [1.165, 1.54) is 0 Å². The predicted octanol–water partition coefficient (Wildman–Crippen LogP) is 1.61. The lowest BCUT2D eigenvalue weighted by molar-refractivity contribution is 0.0678. The van der Waals surface area contributed by atoms with Gasteiger partial charge in [-0.1, -0.05) is 0 Å². The highest BCUT2D eigenvalue weighted by atomic mass is 16.3. The maximum atomic E-state index is 12.4. The van der Waals surface area contributed by atoms with Crippen LogP contribution < -0.4 is 5.73 Å². The number of nitrogen functional groups attached to an aromatic ring is 1. The van der Waals surface area contributed by atoms with Crippen LogP contribution in [0.25, 0.3) is 11.0 Å². The van der Waals surface area contributed by atoms with Gasteiger partial charge in [-0.3, -0.25) is 4.79 Å². The van der Waals surface area contributed by atoms with E-state index < -0.39 is 0 Å². The van der Waals surface area contributed by atoms with Crippen LogP contribution in [0.2, 0.25) is 0 Å². The molecule has 1 aliphatic rings. The van der Waals surface area contributed by atoms with Gasteiger partial charge in [0.05, 0.1) is 6.61 Å². The van der Waals surface area contributed by atoms with Crippen LogP contribution in [0, 0.1) is 0 Å². The van der Waals surface area contributed by atoms with E-state index in [9.17, 15) is 4.79 Å².